The van der Waals surface area contributed by atoms with Gasteiger partial charge >= 0.3 is 0 Å². The third-order valence-corrected chi connectivity index (χ3v) is 2.88. The predicted octanol–water partition coefficient (Wildman–Crippen LogP) is 1.59. The molecule has 2 heterocycles. The fourth-order valence-corrected chi connectivity index (χ4v) is 2.02. The highest BCUT2D eigenvalue weighted by atomic mass is 19.1. The second kappa shape index (κ2) is 3.69. The fourth-order valence-electron chi connectivity index (χ4n) is 2.02. The zero-order valence-corrected chi connectivity index (χ0v) is 9.07. The number of fused-ring (bicyclic) bond motifs is 1. The van der Waals surface area contributed by atoms with Crippen LogP contribution in [0.25, 0.3) is 11.1 Å². The van der Waals surface area contributed by atoms with E-state index >= 15 is 0 Å². The number of aromatic nitrogens is 2. The van der Waals surface area contributed by atoms with E-state index in [-0.39, 0.29) is 5.82 Å². The van der Waals surface area contributed by atoms with E-state index in [4.69, 9.17) is 5.41 Å². The maximum atomic E-state index is 13.7. The molecular weight excluding hydrogens is 219 g/mol. The zero-order valence-electron chi connectivity index (χ0n) is 9.07. The van der Waals surface area contributed by atoms with Gasteiger partial charge in [-0.3, -0.25) is 9.98 Å². The Morgan fingerprint density at radius 1 is 1.29 bits per heavy atom. The average Bonchev–Trinajstić information content (AvgIpc) is 2.80. The van der Waals surface area contributed by atoms with Gasteiger partial charge in [0.05, 0.1) is 0 Å². The molecule has 0 saturated heterocycles. The van der Waals surface area contributed by atoms with Gasteiger partial charge in [-0.05, 0) is 6.07 Å². The Bertz CT molecular complexity index is 633. The molecule has 0 radical (unpaired) electrons. The van der Waals surface area contributed by atoms with Crippen LogP contribution in [-0.4, -0.2) is 16.1 Å². The van der Waals surface area contributed by atoms with Crippen molar-refractivity contribution in [1.82, 2.24) is 9.55 Å². The van der Waals surface area contributed by atoms with Crippen LogP contribution in [0.4, 0.5) is 10.3 Å². The first-order valence-corrected chi connectivity index (χ1v) is 5.40. The van der Waals surface area contributed by atoms with Crippen LogP contribution in [0.2, 0.25) is 0 Å². The van der Waals surface area contributed by atoms with Crippen LogP contribution in [0.1, 0.15) is 0 Å². The van der Waals surface area contributed by atoms with Crippen LogP contribution in [0, 0.1) is 11.2 Å². The first-order valence-electron chi connectivity index (χ1n) is 5.40. The molecule has 1 aliphatic heterocycles. The van der Waals surface area contributed by atoms with Crippen molar-refractivity contribution in [3.63, 3.8) is 0 Å². The molecule has 0 amide bonds. The summed E-state index contributed by atoms with van der Waals surface area (Å²) in [5.41, 5.74) is 1.24. The van der Waals surface area contributed by atoms with Crippen LogP contribution in [0.15, 0.2) is 30.5 Å². The standard InChI is InChI=1S/C12H11FN4/c13-10-4-2-1-3-8(10)9-7-16-12-15-5-6-17(12)11(9)14/h1-4,7,14H,5-6H2,(H,15,16). The molecular formula is C12H11FN4. The summed E-state index contributed by atoms with van der Waals surface area (Å²) in [6, 6.07) is 6.45. The summed E-state index contributed by atoms with van der Waals surface area (Å²) in [6.07, 6.45) is 1.55. The van der Waals surface area contributed by atoms with E-state index in [1.165, 1.54) is 6.07 Å². The SMILES string of the molecule is N=c1c(-c2ccccc2F)cnc2n1CCN2. The Morgan fingerprint density at radius 3 is 2.94 bits per heavy atom. The van der Waals surface area contributed by atoms with E-state index in [1.54, 1.807) is 29.0 Å². The number of hydrogen-bond donors (Lipinski definition) is 2. The molecule has 2 N–H and O–H groups in total. The Labute approximate surface area is 97.3 Å². The summed E-state index contributed by atoms with van der Waals surface area (Å²) in [4.78, 5) is 4.20. The quantitative estimate of drug-likeness (QED) is 0.781. The molecule has 0 unspecified atom stereocenters. The van der Waals surface area contributed by atoms with E-state index in [1.807, 2.05) is 0 Å². The van der Waals surface area contributed by atoms with Crippen molar-refractivity contribution in [2.24, 2.45) is 0 Å². The number of benzene rings is 1. The molecule has 17 heavy (non-hydrogen) atoms. The number of nitrogens with zero attached hydrogens (tertiary/aromatic N) is 2. The Hall–Kier alpha value is -2.17. The van der Waals surface area contributed by atoms with Crippen molar-refractivity contribution in [2.75, 3.05) is 11.9 Å². The van der Waals surface area contributed by atoms with Gasteiger partial charge in [-0.1, -0.05) is 18.2 Å². The molecule has 2 aromatic rings. The third-order valence-electron chi connectivity index (χ3n) is 2.88. The summed E-state index contributed by atoms with van der Waals surface area (Å²) in [7, 11) is 0. The van der Waals surface area contributed by atoms with Crippen molar-refractivity contribution in [3.05, 3.63) is 41.8 Å². The molecule has 1 aromatic heterocycles. The Morgan fingerprint density at radius 2 is 2.12 bits per heavy atom. The number of rotatable bonds is 1. The topological polar surface area (TPSA) is 53.7 Å². The summed E-state index contributed by atoms with van der Waals surface area (Å²) >= 11 is 0. The van der Waals surface area contributed by atoms with Crippen LogP contribution >= 0.6 is 0 Å². The van der Waals surface area contributed by atoms with Crippen LogP contribution in [0.3, 0.4) is 0 Å². The molecule has 3 rings (SSSR count). The summed E-state index contributed by atoms with van der Waals surface area (Å²) in [5, 5.41) is 11.2. The molecule has 86 valence electrons. The van der Waals surface area contributed by atoms with Gasteiger partial charge in [-0.2, -0.15) is 0 Å². The van der Waals surface area contributed by atoms with Crippen LogP contribution in [0.5, 0.6) is 0 Å². The van der Waals surface area contributed by atoms with E-state index < -0.39 is 0 Å². The summed E-state index contributed by atoms with van der Waals surface area (Å²) in [5.74, 6) is 0.351. The minimum absolute atomic E-state index is 0.296. The second-order valence-electron chi connectivity index (χ2n) is 3.90. The lowest BCUT2D eigenvalue weighted by atomic mass is 10.1. The highest BCUT2D eigenvalue weighted by Crippen LogP contribution is 2.20. The van der Waals surface area contributed by atoms with Gasteiger partial charge in [0.2, 0.25) is 5.95 Å². The van der Waals surface area contributed by atoms with Crippen molar-refractivity contribution >= 4 is 5.95 Å². The highest BCUT2D eigenvalue weighted by molar-refractivity contribution is 5.62. The van der Waals surface area contributed by atoms with E-state index in [9.17, 15) is 4.39 Å². The fraction of sp³-hybridized carbons (Fsp3) is 0.167. The maximum absolute atomic E-state index is 13.7. The van der Waals surface area contributed by atoms with E-state index in [2.05, 4.69) is 10.3 Å². The zero-order chi connectivity index (χ0) is 11.8. The number of anilines is 1. The van der Waals surface area contributed by atoms with Crippen LogP contribution < -0.4 is 10.8 Å². The summed E-state index contributed by atoms with van der Waals surface area (Å²) in [6.45, 7) is 1.46. The van der Waals surface area contributed by atoms with Crippen molar-refractivity contribution in [2.45, 2.75) is 6.54 Å². The lowest BCUT2D eigenvalue weighted by molar-refractivity contribution is 0.630. The Kier molecular flexibility index (Phi) is 2.18. The van der Waals surface area contributed by atoms with Gasteiger partial charge in [0.1, 0.15) is 11.3 Å². The molecule has 0 atom stereocenters. The van der Waals surface area contributed by atoms with Crippen molar-refractivity contribution in [1.29, 1.82) is 5.41 Å². The maximum Gasteiger partial charge on any atom is 0.204 e. The average molecular weight is 230 g/mol. The van der Waals surface area contributed by atoms with Gasteiger partial charge in [-0.15, -0.1) is 0 Å². The molecule has 5 heteroatoms. The third kappa shape index (κ3) is 1.51. The molecule has 4 nitrogen and oxygen atoms in total. The molecule has 0 saturated carbocycles. The smallest absolute Gasteiger partial charge is 0.204 e. The monoisotopic (exact) mass is 230 g/mol. The van der Waals surface area contributed by atoms with Gasteiger partial charge in [-0.25, -0.2) is 9.37 Å². The molecule has 1 aromatic carbocycles. The van der Waals surface area contributed by atoms with Crippen LogP contribution in [-0.2, 0) is 6.54 Å². The normalized spacial score (nSPS) is 13.2. The first kappa shape index (κ1) is 10.0. The first-order chi connectivity index (χ1) is 8.27. The minimum atomic E-state index is -0.325. The highest BCUT2D eigenvalue weighted by Gasteiger charge is 2.15. The number of halogens is 1. The van der Waals surface area contributed by atoms with E-state index in [0.717, 1.165) is 6.54 Å². The van der Waals surface area contributed by atoms with Gasteiger partial charge in [0, 0.05) is 30.4 Å². The van der Waals surface area contributed by atoms with Gasteiger partial charge < -0.3 is 5.32 Å². The van der Waals surface area contributed by atoms with Gasteiger partial charge in [0.15, 0.2) is 0 Å². The van der Waals surface area contributed by atoms with E-state index in [0.29, 0.717) is 29.1 Å². The predicted molar refractivity (Wildman–Crippen MR) is 62.0 cm³/mol. The minimum Gasteiger partial charge on any atom is -0.354 e. The lowest BCUT2D eigenvalue weighted by Gasteiger charge is -2.07. The molecule has 1 aliphatic rings. The molecule has 0 aliphatic carbocycles. The van der Waals surface area contributed by atoms with Crippen molar-refractivity contribution < 1.29 is 4.39 Å². The lowest BCUT2D eigenvalue weighted by Crippen LogP contribution is -2.21. The number of hydrogen-bond acceptors (Lipinski definition) is 3. The molecule has 0 spiro atoms. The van der Waals surface area contributed by atoms with Crippen molar-refractivity contribution in [3.8, 4) is 11.1 Å². The molecule has 0 fully saturated rings. The second-order valence-corrected chi connectivity index (χ2v) is 3.90. The Balaban J connectivity index is 2.24. The molecule has 0 bridgehead atoms. The largest absolute Gasteiger partial charge is 0.354 e. The van der Waals surface area contributed by atoms with Gasteiger partial charge in [0.25, 0.3) is 0 Å². The number of nitrogens with one attached hydrogen (secondary N) is 2. The summed E-state index contributed by atoms with van der Waals surface area (Å²) < 4.78 is 15.4.